The predicted octanol–water partition coefficient (Wildman–Crippen LogP) is 6.29. The van der Waals surface area contributed by atoms with Crippen molar-refractivity contribution in [3.8, 4) is 11.5 Å². The zero-order chi connectivity index (χ0) is 25.4. The SMILES string of the molecule is CCC(C(=O)O)c1ccc(N2Cc3c(c(OC(C)C)c4ccccc4c3OC(C)C)C2=O)cc1F. The highest BCUT2D eigenvalue weighted by Crippen LogP contribution is 2.46. The Balaban J connectivity index is 1.87. The van der Waals surface area contributed by atoms with E-state index in [0.29, 0.717) is 28.3 Å². The number of nitrogens with zero attached hydrogens (tertiary/aromatic N) is 1. The zero-order valence-corrected chi connectivity index (χ0v) is 20.6. The topological polar surface area (TPSA) is 76.1 Å². The fraction of sp³-hybridized carbons (Fsp3) is 0.357. The monoisotopic (exact) mass is 479 g/mol. The van der Waals surface area contributed by atoms with Crippen LogP contribution in [-0.2, 0) is 11.3 Å². The first-order valence-corrected chi connectivity index (χ1v) is 11.9. The first-order valence-electron chi connectivity index (χ1n) is 11.9. The largest absolute Gasteiger partial charge is 0.490 e. The highest BCUT2D eigenvalue weighted by molar-refractivity contribution is 6.16. The Morgan fingerprint density at radius 2 is 1.63 bits per heavy atom. The number of carbonyl (C=O) groups excluding carboxylic acids is 1. The number of benzene rings is 3. The van der Waals surface area contributed by atoms with E-state index in [9.17, 15) is 14.7 Å². The molecule has 0 radical (unpaired) electrons. The van der Waals surface area contributed by atoms with Gasteiger partial charge < -0.3 is 19.5 Å². The van der Waals surface area contributed by atoms with Crippen molar-refractivity contribution in [1.82, 2.24) is 0 Å². The van der Waals surface area contributed by atoms with E-state index in [4.69, 9.17) is 9.47 Å². The van der Waals surface area contributed by atoms with Gasteiger partial charge in [0.15, 0.2) is 0 Å². The number of anilines is 1. The van der Waals surface area contributed by atoms with Crippen LogP contribution in [0.3, 0.4) is 0 Å². The summed E-state index contributed by atoms with van der Waals surface area (Å²) >= 11 is 0. The van der Waals surface area contributed by atoms with E-state index in [1.807, 2.05) is 52.0 Å². The van der Waals surface area contributed by atoms with Gasteiger partial charge in [-0.2, -0.15) is 0 Å². The average molecular weight is 480 g/mol. The van der Waals surface area contributed by atoms with Gasteiger partial charge in [0.25, 0.3) is 5.91 Å². The average Bonchev–Trinajstić information content (AvgIpc) is 3.14. The quantitative estimate of drug-likeness (QED) is 0.411. The number of aliphatic carboxylic acids is 1. The Labute approximate surface area is 204 Å². The number of halogens is 1. The van der Waals surface area contributed by atoms with E-state index >= 15 is 4.39 Å². The number of hydrogen-bond acceptors (Lipinski definition) is 4. The molecule has 0 saturated heterocycles. The lowest BCUT2D eigenvalue weighted by Crippen LogP contribution is -2.24. The van der Waals surface area contributed by atoms with Gasteiger partial charge in [-0.1, -0.05) is 37.3 Å². The van der Waals surface area contributed by atoms with Crippen LogP contribution in [0.25, 0.3) is 10.8 Å². The molecule has 3 aromatic carbocycles. The van der Waals surface area contributed by atoms with Gasteiger partial charge in [0, 0.05) is 27.6 Å². The van der Waals surface area contributed by atoms with Crippen molar-refractivity contribution in [2.45, 2.75) is 65.7 Å². The third-order valence-corrected chi connectivity index (χ3v) is 6.08. The normalized spacial score (nSPS) is 14.1. The van der Waals surface area contributed by atoms with Crippen LogP contribution < -0.4 is 14.4 Å². The van der Waals surface area contributed by atoms with Crippen molar-refractivity contribution >= 4 is 28.3 Å². The van der Waals surface area contributed by atoms with Crippen LogP contribution in [0.15, 0.2) is 42.5 Å². The molecule has 0 aromatic heterocycles. The van der Waals surface area contributed by atoms with Crippen LogP contribution in [0.1, 0.15) is 68.4 Å². The lowest BCUT2D eigenvalue weighted by Gasteiger charge is -2.20. The van der Waals surface area contributed by atoms with Gasteiger partial charge in [0.2, 0.25) is 0 Å². The lowest BCUT2D eigenvalue weighted by molar-refractivity contribution is -0.138. The molecule has 1 aliphatic rings. The molecule has 1 heterocycles. The van der Waals surface area contributed by atoms with Crippen molar-refractivity contribution in [2.75, 3.05) is 4.90 Å². The molecule has 1 unspecified atom stereocenters. The Morgan fingerprint density at radius 1 is 1.03 bits per heavy atom. The number of carboxylic acids is 1. The standard InChI is InChI=1S/C28H30FNO5/c1-6-18(28(32)33)19-12-11-17(13-23(19)29)30-14-22-24(27(30)31)26(35-16(4)5)21-10-8-7-9-20(21)25(22)34-15(2)3/h7-13,15-16,18H,6,14H2,1-5H3,(H,32,33). The van der Waals surface area contributed by atoms with Crippen LogP contribution in [0.2, 0.25) is 0 Å². The summed E-state index contributed by atoms with van der Waals surface area (Å²) in [6.07, 6.45) is -0.0277. The summed E-state index contributed by atoms with van der Waals surface area (Å²) < 4.78 is 27.4. The third kappa shape index (κ3) is 4.43. The van der Waals surface area contributed by atoms with Crippen LogP contribution >= 0.6 is 0 Å². The van der Waals surface area contributed by atoms with Crippen molar-refractivity contribution in [1.29, 1.82) is 0 Å². The van der Waals surface area contributed by atoms with Crippen molar-refractivity contribution in [3.63, 3.8) is 0 Å². The molecule has 1 aliphatic heterocycles. The second-order valence-electron chi connectivity index (χ2n) is 9.29. The Hall–Kier alpha value is -3.61. The molecule has 0 fully saturated rings. The lowest BCUT2D eigenvalue weighted by atomic mass is 9.96. The van der Waals surface area contributed by atoms with Gasteiger partial charge in [-0.15, -0.1) is 0 Å². The summed E-state index contributed by atoms with van der Waals surface area (Å²) in [5.74, 6) is -1.88. The molecule has 184 valence electrons. The molecule has 6 nitrogen and oxygen atoms in total. The number of rotatable bonds is 8. The summed E-state index contributed by atoms with van der Waals surface area (Å²) in [6.45, 7) is 9.54. The van der Waals surface area contributed by atoms with E-state index in [2.05, 4.69) is 0 Å². The Morgan fingerprint density at radius 3 is 2.17 bits per heavy atom. The fourth-order valence-electron chi connectivity index (χ4n) is 4.60. The maximum absolute atomic E-state index is 15.0. The van der Waals surface area contributed by atoms with E-state index in [-0.39, 0.29) is 36.6 Å². The van der Waals surface area contributed by atoms with Crippen LogP contribution in [-0.4, -0.2) is 29.2 Å². The molecular weight excluding hydrogens is 449 g/mol. The summed E-state index contributed by atoms with van der Waals surface area (Å²) in [5, 5.41) is 11.1. The molecule has 1 atom stereocenters. The first kappa shape index (κ1) is 24.5. The highest BCUT2D eigenvalue weighted by atomic mass is 19.1. The summed E-state index contributed by atoms with van der Waals surface area (Å²) in [7, 11) is 0. The van der Waals surface area contributed by atoms with Crippen LogP contribution in [0.5, 0.6) is 11.5 Å². The van der Waals surface area contributed by atoms with E-state index < -0.39 is 17.7 Å². The number of ether oxygens (including phenoxy) is 2. The van der Waals surface area contributed by atoms with Gasteiger partial charge in [-0.25, -0.2) is 4.39 Å². The molecular formula is C28H30FNO5. The minimum absolute atomic E-state index is 0.103. The van der Waals surface area contributed by atoms with E-state index in [0.717, 1.165) is 10.8 Å². The highest BCUT2D eigenvalue weighted by Gasteiger charge is 2.37. The molecule has 1 N–H and O–H groups in total. The number of carboxylic acid groups (broad SMARTS) is 1. The molecule has 0 spiro atoms. The van der Waals surface area contributed by atoms with Gasteiger partial charge >= 0.3 is 5.97 Å². The maximum atomic E-state index is 15.0. The van der Waals surface area contributed by atoms with E-state index in [1.165, 1.54) is 17.0 Å². The first-order chi connectivity index (χ1) is 16.6. The summed E-state index contributed by atoms with van der Waals surface area (Å²) in [6, 6.07) is 11.9. The van der Waals surface area contributed by atoms with Gasteiger partial charge in [0.1, 0.15) is 17.3 Å². The summed E-state index contributed by atoms with van der Waals surface area (Å²) in [5.41, 5.74) is 1.56. The molecule has 1 amide bonds. The minimum atomic E-state index is -1.08. The fourth-order valence-corrected chi connectivity index (χ4v) is 4.60. The summed E-state index contributed by atoms with van der Waals surface area (Å²) in [4.78, 5) is 26.8. The molecule has 0 bridgehead atoms. The molecule has 35 heavy (non-hydrogen) atoms. The molecule has 0 saturated carbocycles. The van der Waals surface area contributed by atoms with Crippen LogP contribution in [0.4, 0.5) is 10.1 Å². The van der Waals surface area contributed by atoms with Crippen molar-refractivity contribution < 1.29 is 28.6 Å². The van der Waals surface area contributed by atoms with Gasteiger partial charge in [-0.05, 0) is 46.2 Å². The predicted molar refractivity (Wildman–Crippen MR) is 133 cm³/mol. The number of hydrogen-bond donors (Lipinski definition) is 1. The van der Waals surface area contributed by atoms with Gasteiger partial charge in [0.05, 0.1) is 30.2 Å². The molecule has 4 rings (SSSR count). The minimum Gasteiger partial charge on any atom is -0.490 e. The second-order valence-corrected chi connectivity index (χ2v) is 9.29. The zero-order valence-electron chi connectivity index (χ0n) is 20.6. The number of amides is 1. The van der Waals surface area contributed by atoms with Gasteiger partial charge in [-0.3, -0.25) is 9.59 Å². The third-order valence-electron chi connectivity index (χ3n) is 6.08. The van der Waals surface area contributed by atoms with Crippen molar-refractivity contribution in [3.05, 3.63) is 65.0 Å². The Kier molecular flexibility index (Phi) is 6.70. The number of fused-ring (bicyclic) bond motifs is 2. The maximum Gasteiger partial charge on any atom is 0.311 e. The molecule has 7 heteroatoms. The second kappa shape index (κ2) is 9.56. The number of carbonyl (C=O) groups is 2. The van der Waals surface area contributed by atoms with E-state index in [1.54, 1.807) is 13.0 Å². The molecule has 3 aromatic rings. The molecule has 0 aliphatic carbocycles. The Bertz CT molecular complexity index is 1300. The van der Waals surface area contributed by atoms with Crippen LogP contribution in [0, 0.1) is 5.82 Å². The smallest absolute Gasteiger partial charge is 0.311 e. The van der Waals surface area contributed by atoms with Crippen molar-refractivity contribution in [2.24, 2.45) is 0 Å².